The van der Waals surface area contributed by atoms with Crippen LogP contribution in [-0.2, 0) is 11.2 Å². The molecule has 1 aliphatic heterocycles. The second-order valence-electron chi connectivity index (χ2n) is 8.03. The molecule has 3 aromatic rings. The van der Waals surface area contributed by atoms with Crippen LogP contribution in [0.15, 0.2) is 29.4 Å². The lowest BCUT2D eigenvalue weighted by molar-refractivity contribution is -0.129. The van der Waals surface area contributed by atoms with Crippen LogP contribution in [-0.4, -0.2) is 49.2 Å². The molecular formula is C22H26ClN5OS. The number of halogens is 1. The summed E-state index contributed by atoms with van der Waals surface area (Å²) < 4.78 is 1.78. The van der Waals surface area contributed by atoms with Crippen molar-refractivity contribution < 1.29 is 4.79 Å². The highest BCUT2D eigenvalue weighted by atomic mass is 35.5. The van der Waals surface area contributed by atoms with E-state index in [2.05, 4.69) is 28.1 Å². The van der Waals surface area contributed by atoms with Gasteiger partial charge in [-0.2, -0.15) is 4.98 Å². The summed E-state index contributed by atoms with van der Waals surface area (Å²) >= 11 is 7.52. The smallest absolute Gasteiger partial charge is 0.253 e. The lowest BCUT2D eigenvalue weighted by atomic mass is 9.99. The van der Waals surface area contributed by atoms with Gasteiger partial charge >= 0.3 is 0 Å². The van der Waals surface area contributed by atoms with E-state index in [4.69, 9.17) is 11.6 Å². The maximum Gasteiger partial charge on any atom is 0.253 e. The van der Waals surface area contributed by atoms with Crippen molar-refractivity contribution in [3.63, 3.8) is 0 Å². The summed E-state index contributed by atoms with van der Waals surface area (Å²) in [5.74, 6) is 1.80. The molecule has 30 heavy (non-hydrogen) atoms. The highest BCUT2D eigenvalue weighted by molar-refractivity contribution is 7.99. The van der Waals surface area contributed by atoms with Crippen LogP contribution >= 0.6 is 23.4 Å². The standard InChI is InChI=1S/C22H26ClN5OS/c1-14-7-9-27(10-8-14)20(29)13-30-22-25-21-24-15(2)19(16(3)28(21)26-22)12-17-5-4-6-18(23)11-17/h4-6,11,14H,7-10,12-13H2,1-3H3. The minimum atomic E-state index is 0.160. The number of aryl methyl sites for hydroxylation is 2. The zero-order valence-corrected chi connectivity index (χ0v) is 19.1. The Kier molecular flexibility index (Phi) is 6.29. The molecule has 0 N–H and O–H groups in total. The van der Waals surface area contributed by atoms with Crippen LogP contribution in [0.5, 0.6) is 0 Å². The topological polar surface area (TPSA) is 63.4 Å². The molecule has 0 saturated carbocycles. The monoisotopic (exact) mass is 443 g/mol. The van der Waals surface area contributed by atoms with Gasteiger partial charge in [0.15, 0.2) is 0 Å². The molecule has 0 aliphatic carbocycles. The summed E-state index contributed by atoms with van der Waals surface area (Å²) in [5, 5.41) is 5.92. The van der Waals surface area contributed by atoms with Gasteiger partial charge in [0.25, 0.3) is 5.78 Å². The minimum absolute atomic E-state index is 0.160. The van der Waals surface area contributed by atoms with Crippen LogP contribution < -0.4 is 0 Å². The molecule has 1 saturated heterocycles. The minimum Gasteiger partial charge on any atom is -0.342 e. The molecule has 158 valence electrons. The summed E-state index contributed by atoms with van der Waals surface area (Å²) in [6.07, 6.45) is 2.90. The van der Waals surface area contributed by atoms with Crippen LogP contribution in [0.1, 0.15) is 42.3 Å². The first-order chi connectivity index (χ1) is 14.4. The number of hydrogen-bond acceptors (Lipinski definition) is 5. The zero-order chi connectivity index (χ0) is 21.3. The third-order valence-electron chi connectivity index (χ3n) is 5.76. The summed E-state index contributed by atoms with van der Waals surface area (Å²) in [4.78, 5) is 23.7. The van der Waals surface area contributed by atoms with Gasteiger partial charge in [-0.1, -0.05) is 42.4 Å². The first kappa shape index (κ1) is 21.1. The van der Waals surface area contributed by atoms with E-state index in [1.807, 2.05) is 36.9 Å². The molecule has 4 rings (SSSR count). The number of carbonyl (C=O) groups is 1. The molecule has 1 amide bonds. The Morgan fingerprint density at radius 1 is 1.23 bits per heavy atom. The lowest BCUT2D eigenvalue weighted by Gasteiger charge is -2.30. The number of nitrogens with zero attached hydrogens (tertiary/aromatic N) is 5. The van der Waals surface area contributed by atoms with Crippen molar-refractivity contribution in [1.29, 1.82) is 0 Å². The second-order valence-corrected chi connectivity index (χ2v) is 9.40. The molecule has 0 unspecified atom stereocenters. The van der Waals surface area contributed by atoms with Crippen LogP contribution in [0.25, 0.3) is 5.78 Å². The van der Waals surface area contributed by atoms with Gasteiger partial charge in [-0.25, -0.2) is 9.50 Å². The number of fused-ring (bicyclic) bond motifs is 1. The predicted molar refractivity (Wildman–Crippen MR) is 120 cm³/mol. The number of carbonyl (C=O) groups excluding carboxylic acids is 1. The molecular weight excluding hydrogens is 418 g/mol. The SMILES string of the molecule is Cc1nc2nc(SCC(=O)N3CCC(C)CC3)nn2c(C)c1Cc1cccc(Cl)c1. The van der Waals surface area contributed by atoms with Crippen LogP contribution in [0.4, 0.5) is 0 Å². The van der Waals surface area contributed by atoms with E-state index in [1.54, 1.807) is 4.52 Å². The molecule has 8 heteroatoms. The van der Waals surface area contributed by atoms with E-state index >= 15 is 0 Å². The number of aromatic nitrogens is 4. The number of benzene rings is 1. The van der Waals surface area contributed by atoms with Crippen LogP contribution in [0.2, 0.25) is 5.02 Å². The van der Waals surface area contributed by atoms with Gasteiger partial charge in [-0.05, 0) is 55.9 Å². The van der Waals surface area contributed by atoms with E-state index in [-0.39, 0.29) is 5.91 Å². The first-order valence-corrected chi connectivity index (χ1v) is 11.6. The fraction of sp³-hybridized carbons (Fsp3) is 0.455. The van der Waals surface area contributed by atoms with Crippen molar-refractivity contribution >= 4 is 35.0 Å². The number of amides is 1. The number of likely N-dealkylation sites (tertiary alicyclic amines) is 1. The molecule has 1 aliphatic rings. The molecule has 2 aromatic heterocycles. The first-order valence-electron chi connectivity index (χ1n) is 10.3. The summed E-state index contributed by atoms with van der Waals surface area (Å²) in [5.41, 5.74) is 4.19. The Morgan fingerprint density at radius 2 is 2.00 bits per heavy atom. The summed E-state index contributed by atoms with van der Waals surface area (Å²) in [6, 6.07) is 7.86. The highest BCUT2D eigenvalue weighted by Crippen LogP contribution is 2.23. The van der Waals surface area contributed by atoms with Crippen molar-refractivity contribution in [3.05, 3.63) is 51.8 Å². The van der Waals surface area contributed by atoms with E-state index in [1.165, 1.54) is 11.8 Å². The average molecular weight is 444 g/mol. The van der Waals surface area contributed by atoms with Gasteiger partial charge < -0.3 is 4.90 Å². The normalized spacial score (nSPS) is 15.1. The number of hydrogen-bond donors (Lipinski definition) is 0. The Balaban J connectivity index is 1.50. The van der Waals surface area contributed by atoms with Crippen molar-refractivity contribution in [2.45, 2.75) is 45.2 Å². The average Bonchev–Trinajstić information content (AvgIpc) is 3.13. The van der Waals surface area contributed by atoms with Crippen molar-refractivity contribution in [1.82, 2.24) is 24.5 Å². The fourth-order valence-corrected chi connectivity index (χ4v) is 4.77. The van der Waals surface area contributed by atoms with Gasteiger partial charge in [0.1, 0.15) is 0 Å². The van der Waals surface area contributed by atoms with E-state index in [9.17, 15) is 4.79 Å². The van der Waals surface area contributed by atoms with Crippen molar-refractivity contribution in [3.8, 4) is 0 Å². The molecule has 1 fully saturated rings. The maximum atomic E-state index is 12.5. The van der Waals surface area contributed by atoms with Gasteiger partial charge in [-0.3, -0.25) is 4.79 Å². The van der Waals surface area contributed by atoms with E-state index < -0.39 is 0 Å². The predicted octanol–water partition coefficient (Wildman–Crippen LogP) is 4.34. The molecule has 0 bridgehead atoms. The molecule has 1 aromatic carbocycles. The molecule has 6 nitrogen and oxygen atoms in total. The molecule has 3 heterocycles. The zero-order valence-electron chi connectivity index (χ0n) is 17.6. The van der Waals surface area contributed by atoms with Crippen LogP contribution in [0, 0.1) is 19.8 Å². The second kappa shape index (κ2) is 8.94. The third kappa shape index (κ3) is 4.62. The van der Waals surface area contributed by atoms with Gasteiger partial charge in [0.05, 0.1) is 5.75 Å². The molecule has 0 atom stereocenters. The van der Waals surface area contributed by atoms with E-state index in [0.717, 1.165) is 59.9 Å². The summed E-state index contributed by atoms with van der Waals surface area (Å²) in [6.45, 7) is 7.98. The lowest BCUT2D eigenvalue weighted by Crippen LogP contribution is -2.38. The Hall–Kier alpha value is -2.12. The summed E-state index contributed by atoms with van der Waals surface area (Å²) in [7, 11) is 0. The van der Waals surface area contributed by atoms with Gasteiger partial charge in [0.2, 0.25) is 11.1 Å². The third-order valence-corrected chi connectivity index (χ3v) is 6.82. The Bertz CT molecular complexity index is 1070. The van der Waals surface area contributed by atoms with Crippen molar-refractivity contribution in [2.75, 3.05) is 18.8 Å². The Labute approximate surface area is 186 Å². The largest absolute Gasteiger partial charge is 0.342 e. The van der Waals surface area contributed by atoms with E-state index in [0.29, 0.717) is 22.6 Å². The number of thioether (sulfide) groups is 1. The van der Waals surface area contributed by atoms with Crippen molar-refractivity contribution in [2.24, 2.45) is 5.92 Å². The van der Waals surface area contributed by atoms with Crippen LogP contribution in [0.3, 0.4) is 0 Å². The number of rotatable bonds is 5. The van der Waals surface area contributed by atoms with Gasteiger partial charge in [0, 0.05) is 35.9 Å². The molecule has 0 spiro atoms. The van der Waals surface area contributed by atoms with Gasteiger partial charge in [-0.15, -0.1) is 5.10 Å². The quantitative estimate of drug-likeness (QED) is 0.549. The Morgan fingerprint density at radius 3 is 2.73 bits per heavy atom. The fourth-order valence-electron chi connectivity index (χ4n) is 3.83. The maximum absolute atomic E-state index is 12.5. The molecule has 0 radical (unpaired) electrons. The number of piperidine rings is 1. The highest BCUT2D eigenvalue weighted by Gasteiger charge is 2.21.